The normalized spacial score (nSPS) is 11.4. The molecule has 1 N–H and O–H groups in total. The summed E-state index contributed by atoms with van der Waals surface area (Å²) in [5.41, 5.74) is 2.22. The molecule has 0 unspecified atom stereocenters. The number of carbonyl (C=O) groups excluding carboxylic acids is 1. The number of hydrogen-bond acceptors (Lipinski definition) is 4. The number of ether oxygens (including phenoxy) is 1. The van der Waals surface area contributed by atoms with E-state index in [-0.39, 0.29) is 5.28 Å². The van der Waals surface area contributed by atoms with Crippen LogP contribution in [0.25, 0.3) is 22.1 Å². The third-order valence-corrected chi connectivity index (χ3v) is 4.47. The van der Waals surface area contributed by atoms with Crippen LogP contribution < -0.4 is 0 Å². The second-order valence-corrected chi connectivity index (χ2v) is 8.59. The molecule has 2 aromatic carbocycles. The standard InChI is InChI=1S/C12H12Cl2N2O2.C7H4Cl2N2/c1-12(2,3)18-11(17)16-9-6-7(13)4-5-8(9)15-10(16)14;8-4-1-2-5-6(3-4)11-7(9)10-5/h4-6H,1-3H3;1-3H,(H,10,11). The number of halogens is 4. The lowest BCUT2D eigenvalue weighted by molar-refractivity contribution is 0.0544. The molecule has 152 valence electrons. The molecule has 10 heteroatoms. The Hall–Kier alpha value is -1.99. The van der Waals surface area contributed by atoms with Crippen LogP contribution in [-0.2, 0) is 4.74 Å². The maximum atomic E-state index is 12.0. The molecule has 0 saturated carbocycles. The van der Waals surface area contributed by atoms with E-state index in [1.807, 2.05) is 6.07 Å². The Kier molecular flexibility index (Phi) is 6.29. The predicted molar refractivity (Wildman–Crippen MR) is 117 cm³/mol. The van der Waals surface area contributed by atoms with E-state index in [2.05, 4.69) is 15.0 Å². The van der Waals surface area contributed by atoms with Gasteiger partial charge in [0.05, 0.1) is 22.1 Å². The molecule has 0 aliphatic rings. The fraction of sp³-hybridized carbons (Fsp3) is 0.211. The van der Waals surface area contributed by atoms with E-state index in [0.717, 1.165) is 11.0 Å². The number of aromatic amines is 1. The van der Waals surface area contributed by atoms with E-state index in [0.29, 0.717) is 26.4 Å². The number of hydrogen-bond donors (Lipinski definition) is 1. The first kappa shape index (κ1) is 21.7. The summed E-state index contributed by atoms with van der Waals surface area (Å²) in [6.45, 7) is 5.35. The van der Waals surface area contributed by atoms with Crippen LogP contribution >= 0.6 is 46.4 Å². The molecular formula is C19H16Cl4N4O2. The Morgan fingerprint density at radius 2 is 1.59 bits per heavy atom. The minimum atomic E-state index is -0.602. The van der Waals surface area contributed by atoms with Crippen LogP contribution in [0, 0.1) is 0 Å². The van der Waals surface area contributed by atoms with Crippen molar-refractivity contribution in [2.45, 2.75) is 26.4 Å². The summed E-state index contributed by atoms with van der Waals surface area (Å²) in [5.74, 6) is 0. The van der Waals surface area contributed by atoms with Crippen LogP contribution in [-0.4, -0.2) is 31.2 Å². The van der Waals surface area contributed by atoms with E-state index in [4.69, 9.17) is 51.1 Å². The summed E-state index contributed by atoms with van der Waals surface area (Å²) >= 11 is 23.2. The summed E-state index contributed by atoms with van der Waals surface area (Å²) in [4.78, 5) is 23.0. The van der Waals surface area contributed by atoms with Crippen LogP contribution in [0.4, 0.5) is 4.79 Å². The number of carbonyl (C=O) groups is 1. The van der Waals surface area contributed by atoms with Crippen LogP contribution in [0.5, 0.6) is 0 Å². The molecule has 29 heavy (non-hydrogen) atoms. The van der Waals surface area contributed by atoms with Crippen LogP contribution in [0.3, 0.4) is 0 Å². The molecule has 0 aliphatic heterocycles. The van der Waals surface area contributed by atoms with Gasteiger partial charge in [-0.25, -0.2) is 19.3 Å². The zero-order chi connectivity index (χ0) is 21.3. The fourth-order valence-corrected chi connectivity index (χ4v) is 3.23. The Bertz CT molecular complexity index is 1190. The molecule has 0 fully saturated rings. The molecule has 0 spiro atoms. The number of nitrogens with one attached hydrogen (secondary N) is 1. The minimum Gasteiger partial charge on any atom is -0.443 e. The Morgan fingerprint density at radius 3 is 2.24 bits per heavy atom. The lowest BCUT2D eigenvalue weighted by atomic mass is 10.2. The van der Waals surface area contributed by atoms with Crippen LogP contribution in [0.15, 0.2) is 36.4 Å². The second-order valence-electron chi connectivity index (χ2n) is 7.02. The van der Waals surface area contributed by atoms with Gasteiger partial charge in [-0.2, -0.15) is 0 Å². The Morgan fingerprint density at radius 1 is 0.966 bits per heavy atom. The smallest absolute Gasteiger partial charge is 0.421 e. The van der Waals surface area contributed by atoms with Gasteiger partial charge in [-0.3, -0.25) is 0 Å². The number of benzene rings is 2. The third kappa shape index (κ3) is 5.34. The molecule has 0 radical (unpaired) electrons. The number of rotatable bonds is 0. The molecule has 6 nitrogen and oxygen atoms in total. The maximum absolute atomic E-state index is 12.0. The van der Waals surface area contributed by atoms with Crippen molar-refractivity contribution < 1.29 is 9.53 Å². The van der Waals surface area contributed by atoms with Crippen molar-refractivity contribution in [3.8, 4) is 0 Å². The zero-order valence-corrected chi connectivity index (χ0v) is 18.7. The molecule has 4 aromatic rings. The highest BCUT2D eigenvalue weighted by Gasteiger charge is 2.22. The highest BCUT2D eigenvalue weighted by Crippen LogP contribution is 2.24. The predicted octanol–water partition coefficient (Wildman–Crippen LogP) is 7.00. The van der Waals surface area contributed by atoms with Gasteiger partial charge in [0.2, 0.25) is 10.6 Å². The molecule has 0 atom stereocenters. The van der Waals surface area contributed by atoms with Gasteiger partial charge in [0, 0.05) is 10.0 Å². The molecule has 0 saturated heterocycles. The molecule has 0 bridgehead atoms. The van der Waals surface area contributed by atoms with Crippen LogP contribution in [0.1, 0.15) is 20.8 Å². The topological polar surface area (TPSA) is 72.8 Å². The summed E-state index contributed by atoms with van der Waals surface area (Å²) in [7, 11) is 0. The van der Waals surface area contributed by atoms with Crippen molar-refractivity contribution in [1.29, 1.82) is 0 Å². The maximum Gasteiger partial charge on any atom is 0.421 e. The first-order chi connectivity index (χ1) is 13.5. The molecule has 4 rings (SSSR count). The summed E-state index contributed by atoms with van der Waals surface area (Å²) in [6, 6.07) is 10.4. The molecule has 2 heterocycles. The lowest BCUT2D eigenvalue weighted by Crippen LogP contribution is -2.27. The number of nitrogens with zero attached hydrogens (tertiary/aromatic N) is 3. The van der Waals surface area contributed by atoms with E-state index >= 15 is 0 Å². The number of aromatic nitrogens is 4. The lowest BCUT2D eigenvalue weighted by Gasteiger charge is -2.19. The van der Waals surface area contributed by atoms with Crippen molar-refractivity contribution in [2.24, 2.45) is 0 Å². The van der Waals surface area contributed by atoms with Gasteiger partial charge >= 0.3 is 6.09 Å². The first-order valence-corrected chi connectivity index (χ1v) is 9.92. The third-order valence-electron chi connectivity index (χ3n) is 3.57. The van der Waals surface area contributed by atoms with Gasteiger partial charge in [-0.1, -0.05) is 23.2 Å². The second kappa shape index (κ2) is 8.40. The summed E-state index contributed by atoms with van der Waals surface area (Å²) in [6.07, 6.45) is -0.572. The molecule has 0 aliphatic carbocycles. The fourth-order valence-electron chi connectivity index (χ4n) is 2.45. The average Bonchev–Trinajstić information content (AvgIpc) is 3.11. The SMILES string of the molecule is CC(C)(C)OC(=O)n1c(Cl)nc2ccc(Cl)cc21.Clc1ccc2nc(Cl)[nH]c2c1. The van der Waals surface area contributed by atoms with Crippen molar-refractivity contribution >= 4 is 74.6 Å². The first-order valence-electron chi connectivity index (χ1n) is 8.41. The number of H-pyrrole nitrogens is 1. The van der Waals surface area contributed by atoms with Gasteiger partial charge < -0.3 is 9.72 Å². The Balaban J connectivity index is 0.000000186. The van der Waals surface area contributed by atoms with Gasteiger partial charge in [0.1, 0.15) is 5.60 Å². The van der Waals surface area contributed by atoms with E-state index in [9.17, 15) is 4.79 Å². The molecule has 0 amide bonds. The number of imidazole rings is 2. The van der Waals surface area contributed by atoms with Gasteiger partial charge in [-0.15, -0.1) is 0 Å². The van der Waals surface area contributed by atoms with Gasteiger partial charge in [0.15, 0.2) is 0 Å². The average molecular weight is 474 g/mol. The quantitative estimate of drug-likeness (QED) is 0.298. The monoisotopic (exact) mass is 472 g/mol. The highest BCUT2D eigenvalue weighted by molar-refractivity contribution is 6.32. The van der Waals surface area contributed by atoms with E-state index in [1.54, 1.807) is 51.1 Å². The molecular weight excluding hydrogens is 458 g/mol. The highest BCUT2D eigenvalue weighted by atomic mass is 35.5. The van der Waals surface area contributed by atoms with Crippen molar-refractivity contribution in [2.75, 3.05) is 0 Å². The summed E-state index contributed by atoms with van der Waals surface area (Å²) in [5, 5.41) is 1.63. The van der Waals surface area contributed by atoms with Gasteiger partial charge in [0.25, 0.3) is 0 Å². The van der Waals surface area contributed by atoms with Gasteiger partial charge in [-0.05, 0) is 80.4 Å². The number of fused-ring (bicyclic) bond motifs is 2. The van der Waals surface area contributed by atoms with Crippen LogP contribution in [0.2, 0.25) is 20.6 Å². The zero-order valence-electron chi connectivity index (χ0n) is 15.6. The largest absolute Gasteiger partial charge is 0.443 e. The molecule has 2 aromatic heterocycles. The summed E-state index contributed by atoms with van der Waals surface area (Å²) < 4.78 is 6.47. The Labute approximate surface area is 186 Å². The van der Waals surface area contributed by atoms with E-state index in [1.165, 1.54) is 4.57 Å². The van der Waals surface area contributed by atoms with Crippen molar-refractivity contribution in [3.63, 3.8) is 0 Å². The van der Waals surface area contributed by atoms with Crippen molar-refractivity contribution in [1.82, 2.24) is 19.5 Å². The van der Waals surface area contributed by atoms with E-state index < -0.39 is 11.7 Å². The van der Waals surface area contributed by atoms with Crippen molar-refractivity contribution in [3.05, 3.63) is 57.0 Å². The minimum absolute atomic E-state index is 0.0570.